The number of anilines is 1. The van der Waals surface area contributed by atoms with Crippen molar-refractivity contribution in [3.63, 3.8) is 0 Å². The molecule has 0 unspecified atom stereocenters. The highest BCUT2D eigenvalue weighted by molar-refractivity contribution is 6.00. The van der Waals surface area contributed by atoms with Gasteiger partial charge in [-0.15, -0.1) is 0 Å². The van der Waals surface area contributed by atoms with Crippen LogP contribution in [0.2, 0.25) is 0 Å². The van der Waals surface area contributed by atoms with Crippen molar-refractivity contribution in [1.82, 2.24) is 24.3 Å². The third kappa shape index (κ3) is 3.88. The average molecular weight is 420 g/mol. The van der Waals surface area contributed by atoms with Gasteiger partial charge in [0.25, 0.3) is 0 Å². The van der Waals surface area contributed by atoms with Gasteiger partial charge in [0.1, 0.15) is 23.5 Å². The molecule has 2 aromatic heterocycles. The number of methoxy groups -OCH3 is 1. The number of nitrogens with two attached hydrogens (primary N) is 1. The highest BCUT2D eigenvalue weighted by Crippen LogP contribution is 2.39. The van der Waals surface area contributed by atoms with Crippen LogP contribution < -0.4 is 10.5 Å². The van der Waals surface area contributed by atoms with Crippen molar-refractivity contribution in [2.45, 2.75) is 37.8 Å². The average Bonchev–Trinajstić information content (AvgIpc) is 3.21. The van der Waals surface area contributed by atoms with Crippen molar-refractivity contribution in [2.24, 2.45) is 0 Å². The van der Waals surface area contributed by atoms with E-state index in [0.717, 1.165) is 35.0 Å². The van der Waals surface area contributed by atoms with Crippen LogP contribution in [0.5, 0.6) is 5.75 Å². The smallest absolute Gasteiger partial charge is 0.146 e. The number of aromatic nitrogens is 3. The van der Waals surface area contributed by atoms with Gasteiger partial charge in [0.05, 0.1) is 12.5 Å². The summed E-state index contributed by atoms with van der Waals surface area (Å²) in [7, 11) is 3.88. The SMILES string of the molecule is COc1[c]ccc(-c2cn(C3CCC(N4CCN(C)CC4)CC3)c3ncnc(N)c23)c1. The Morgan fingerprint density at radius 1 is 1.06 bits per heavy atom. The summed E-state index contributed by atoms with van der Waals surface area (Å²) < 4.78 is 7.72. The molecule has 1 saturated carbocycles. The number of likely N-dealkylation sites (N-methyl/N-ethyl adjacent to an activating group) is 1. The van der Waals surface area contributed by atoms with Crippen LogP contribution in [0.1, 0.15) is 31.7 Å². The number of rotatable bonds is 4. The van der Waals surface area contributed by atoms with Crippen LogP contribution in [-0.2, 0) is 0 Å². The molecule has 2 fully saturated rings. The topological polar surface area (TPSA) is 72.4 Å². The van der Waals surface area contributed by atoms with Crippen LogP contribution in [0.15, 0.2) is 30.7 Å². The summed E-state index contributed by atoms with van der Waals surface area (Å²) in [6, 6.07) is 10.2. The number of nitrogens with zero attached hydrogens (tertiary/aromatic N) is 5. The lowest BCUT2D eigenvalue weighted by atomic mass is 9.89. The second-order valence-corrected chi connectivity index (χ2v) is 8.85. The number of hydrogen-bond acceptors (Lipinski definition) is 6. The molecular formula is C24H31N6O. The highest BCUT2D eigenvalue weighted by Gasteiger charge is 2.29. The Labute approximate surface area is 183 Å². The van der Waals surface area contributed by atoms with Crippen LogP contribution in [0.4, 0.5) is 5.82 Å². The van der Waals surface area contributed by atoms with E-state index < -0.39 is 0 Å². The van der Waals surface area contributed by atoms with Crippen LogP contribution in [-0.4, -0.2) is 70.7 Å². The van der Waals surface area contributed by atoms with E-state index in [4.69, 9.17) is 10.5 Å². The van der Waals surface area contributed by atoms with Gasteiger partial charge in [-0.3, -0.25) is 4.90 Å². The Morgan fingerprint density at radius 2 is 1.81 bits per heavy atom. The number of benzene rings is 1. The van der Waals surface area contributed by atoms with Gasteiger partial charge < -0.3 is 19.9 Å². The van der Waals surface area contributed by atoms with E-state index in [2.05, 4.69) is 43.6 Å². The lowest BCUT2D eigenvalue weighted by Gasteiger charge is -2.41. The Kier molecular flexibility index (Phi) is 5.54. The monoisotopic (exact) mass is 419 g/mol. The minimum Gasteiger partial charge on any atom is -0.496 e. The first-order valence-electron chi connectivity index (χ1n) is 11.2. The largest absolute Gasteiger partial charge is 0.496 e. The van der Waals surface area contributed by atoms with Crippen molar-refractivity contribution < 1.29 is 4.74 Å². The molecule has 1 aliphatic heterocycles. The zero-order chi connectivity index (χ0) is 21.4. The van der Waals surface area contributed by atoms with Crippen LogP contribution in [0.25, 0.3) is 22.2 Å². The van der Waals surface area contributed by atoms with Crippen molar-refractivity contribution in [2.75, 3.05) is 46.1 Å². The first-order valence-corrected chi connectivity index (χ1v) is 11.2. The summed E-state index contributed by atoms with van der Waals surface area (Å²) in [6.07, 6.45) is 8.58. The molecule has 1 aliphatic carbocycles. The molecular weight excluding hydrogens is 388 g/mol. The molecule has 7 nitrogen and oxygen atoms in total. The molecule has 1 aromatic carbocycles. The molecule has 2 N–H and O–H groups in total. The first-order chi connectivity index (χ1) is 15.1. The van der Waals surface area contributed by atoms with E-state index in [0.29, 0.717) is 23.7 Å². The second kappa shape index (κ2) is 8.48. The Hall–Kier alpha value is -2.64. The summed E-state index contributed by atoms with van der Waals surface area (Å²) in [5, 5.41) is 0.928. The van der Waals surface area contributed by atoms with Gasteiger partial charge in [-0.05, 0) is 50.4 Å². The minimum atomic E-state index is 0.437. The number of ether oxygens (including phenoxy) is 1. The zero-order valence-corrected chi connectivity index (χ0v) is 18.4. The quantitative estimate of drug-likeness (QED) is 0.700. The van der Waals surface area contributed by atoms with E-state index in [-0.39, 0.29) is 0 Å². The predicted octanol–water partition coefficient (Wildman–Crippen LogP) is 3.22. The van der Waals surface area contributed by atoms with Gasteiger partial charge in [0.15, 0.2) is 0 Å². The van der Waals surface area contributed by atoms with Crippen molar-refractivity contribution in [1.29, 1.82) is 0 Å². The van der Waals surface area contributed by atoms with Gasteiger partial charge in [-0.1, -0.05) is 6.07 Å². The third-order valence-corrected chi connectivity index (χ3v) is 7.06. The van der Waals surface area contributed by atoms with E-state index in [9.17, 15) is 0 Å². The van der Waals surface area contributed by atoms with Crippen molar-refractivity contribution in [3.05, 3.63) is 36.8 Å². The summed E-state index contributed by atoms with van der Waals surface area (Å²) in [4.78, 5) is 14.0. The Balaban J connectivity index is 1.43. The van der Waals surface area contributed by atoms with Crippen LogP contribution in [0.3, 0.4) is 0 Å². The van der Waals surface area contributed by atoms with Crippen LogP contribution in [0, 0.1) is 6.07 Å². The van der Waals surface area contributed by atoms with Crippen LogP contribution >= 0.6 is 0 Å². The lowest BCUT2D eigenvalue weighted by Crippen LogP contribution is -2.49. The molecule has 0 spiro atoms. The molecule has 3 aromatic rings. The first kappa shape index (κ1) is 20.3. The maximum Gasteiger partial charge on any atom is 0.146 e. The fourth-order valence-corrected chi connectivity index (χ4v) is 5.22. The maximum atomic E-state index is 6.32. The van der Waals surface area contributed by atoms with Crippen molar-refractivity contribution in [3.8, 4) is 16.9 Å². The standard InChI is InChI=1S/C24H31N6O/c1-28-10-12-29(13-11-28)18-6-8-19(9-7-18)30-15-21(17-4-3-5-20(14-17)31-2)22-23(25)26-16-27-24(22)30/h3-4,14-16,18-19H,6-13H2,1-2H3,(H2,25,26,27). The molecule has 1 saturated heterocycles. The molecule has 31 heavy (non-hydrogen) atoms. The van der Waals surface area contributed by atoms with Gasteiger partial charge in [0.2, 0.25) is 0 Å². The fourth-order valence-electron chi connectivity index (χ4n) is 5.22. The number of hydrogen-bond donors (Lipinski definition) is 1. The molecule has 2 aliphatic rings. The van der Waals surface area contributed by atoms with E-state index in [1.807, 2.05) is 18.2 Å². The van der Waals surface area contributed by atoms with E-state index >= 15 is 0 Å². The molecule has 163 valence electrons. The predicted molar refractivity (Wildman–Crippen MR) is 123 cm³/mol. The maximum absolute atomic E-state index is 6.32. The Bertz CT molecular complexity index is 1050. The van der Waals surface area contributed by atoms with E-state index in [1.54, 1.807) is 13.4 Å². The molecule has 7 heteroatoms. The lowest BCUT2D eigenvalue weighted by molar-refractivity contribution is 0.0828. The molecule has 0 bridgehead atoms. The van der Waals surface area contributed by atoms with Gasteiger partial charge in [0, 0.05) is 56.1 Å². The number of fused-ring (bicyclic) bond motifs is 1. The second-order valence-electron chi connectivity index (χ2n) is 8.85. The normalized spacial score (nSPS) is 23.3. The molecule has 0 amide bonds. The van der Waals surface area contributed by atoms with Gasteiger partial charge >= 0.3 is 0 Å². The number of nitrogen functional groups attached to an aromatic ring is 1. The summed E-state index contributed by atoms with van der Waals surface area (Å²) in [5.41, 5.74) is 9.36. The van der Waals surface area contributed by atoms with Crippen molar-refractivity contribution >= 4 is 16.9 Å². The zero-order valence-electron chi connectivity index (χ0n) is 18.4. The molecule has 3 heterocycles. The minimum absolute atomic E-state index is 0.437. The summed E-state index contributed by atoms with van der Waals surface area (Å²) in [6.45, 7) is 4.75. The highest BCUT2D eigenvalue weighted by atomic mass is 16.5. The van der Waals surface area contributed by atoms with E-state index in [1.165, 1.54) is 39.0 Å². The molecule has 1 radical (unpaired) electrons. The third-order valence-electron chi connectivity index (χ3n) is 7.06. The number of piperazine rings is 1. The summed E-state index contributed by atoms with van der Waals surface area (Å²) in [5.74, 6) is 1.23. The molecule has 0 atom stereocenters. The van der Waals surface area contributed by atoms with Gasteiger partial charge in [-0.2, -0.15) is 0 Å². The van der Waals surface area contributed by atoms with Gasteiger partial charge in [-0.25, -0.2) is 9.97 Å². The summed E-state index contributed by atoms with van der Waals surface area (Å²) >= 11 is 0. The Morgan fingerprint density at radius 3 is 2.55 bits per heavy atom. The molecule has 5 rings (SSSR count). The fraction of sp³-hybridized carbons (Fsp3) is 0.500.